The molecule has 1 aromatic heterocycles. The van der Waals surface area contributed by atoms with E-state index in [1.165, 1.54) is 0 Å². The van der Waals surface area contributed by atoms with E-state index in [0.29, 0.717) is 17.5 Å². The number of carbonyl (C=O) groups excluding carboxylic acids is 1. The SMILES string of the molecule is C[C@H]1NCCC[C@H]1C(=O)Nc1nccn1Cc1ccccc1Cl. The van der Waals surface area contributed by atoms with E-state index in [1.807, 2.05) is 35.0 Å². The average molecular weight is 333 g/mol. The predicted octanol–water partition coefficient (Wildman–Crippen LogP) is 2.91. The van der Waals surface area contributed by atoms with Crippen LogP contribution in [0.2, 0.25) is 5.02 Å². The number of rotatable bonds is 4. The van der Waals surface area contributed by atoms with E-state index in [-0.39, 0.29) is 17.9 Å². The molecule has 2 atom stereocenters. The van der Waals surface area contributed by atoms with Crippen LogP contribution in [0.3, 0.4) is 0 Å². The van der Waals surface area contributed by atoms with Crippen LogP contribution in [-0.2, 0) is 11.3 Å². The molecule has 0 unspecified atom stereocenters. The number of nitrogens with zero attached hydrogens (tertiary/aromatic N) is 2. The lowest BCUT2D eigenvalue weighted by Crippen LogP contribution is -2.44. The Balaban J connectivity index is 1.71. The Kier molecular flexibility index (Phi) is 4.98. The number of aromatic nitrogens is 2. The number of anilines is 1. The summed E-state index contributed by atoms with van der Waals surface area (Å²) in [5.41, 5.74) is 0.996. The van der Waals surface area contributed by atoms with E-state index in [1.54, 1.807) is 6.20 Å². The number of nitrogens with one attached hydrogen (secondary N) is 2. The van der Waals surface area contributed by atoms with E-state index in [4.69, 9.17) is 11.6 Å². The second kappa shape index (κ2) is 7.15. The first-order chi connectivity index (χ1) is 11.1. The Hall–Kier alpha value is -1.85. The molecule has 1 amide bonds. The fourth-order valence-corrected chi connectivity index (χ4v) is 3.17. The minimum absolute atomic E-state index is 0.0192. The summed E-state index contributed by atoms with van der Waals surface area (Å²) in [6.45, 7) is 3.61. The van der Waals surface area contributed by atoms with Crippen molar-refractivity contribution in [2.24, 2.45) is 5.92 Å². The summed E-state index contributed by atoms with van der Waals surface area (Å²) >= 11 is 6.21. The van der Waals surface area contributed by atoms with E-state index < -0.39 is 0 Å². The van der Waals surface area contributed by atoms with Crippen LogP contribution < -0.4 is 10.6 Å². The molecule has 122 valence electrons. The van der Waals surface area contributed by atoms with Crippen molar-refractivity contribution < 1.29 is 4.79 Å². The maximum absolute atomic E-state index is 12.5. The van der Waals surface area contributed by atoms with E-state index in [9.17, 15) is 4.79 Å². The van der Waals surface area contributed by atoms with Crippen LogP contribution >= 0.6 is 11.6 Å². The highest BCUT2D eigenvalue weighted by Crippen LogP contribution is 2.20. The number of imidazole rings is 1. The summed E-state index contributed by atoms with van der Waals surface area (Å²) in [7, 11) is 0. The molecule has 23 heavy (non-hydrogen) atoms. The number of halogens is 1. The van der Waals surface area contributed by atoms with Gasteiger partial charge in [0.15, 0.2) is 0 Å². The van der Waals surface area contributed by atoms with Gasteiger partial charge in [0.1, 0.15) is 0 Å². The van der Waals surface area contributed by atoms with Gasteiger partial charge < -0.3 is 9.88 Å². The zero-order valence-electron chi connectivity index (χ0n) is 13.1. The third-order valence-corrected chi connectivity index (χ3v) is 4.72. The van der Waals surface area contributed by atoms with Gasteiger partial charge in [-0.1, -0.05) is 29.8 Å². The lowest BCUT2D eigenvalue weighted by molar-refractivity contribution is -0.121. The van der Waals surface area contributed by atoms with Gasteiger partial charge in [0.05, 0.1) is 12.5 Å². The Morgan fingerprint density at radius 3 is 3.09 bits per heavy atom. The highest BCUT2D eigenvalue weighted by atomic mass is 35.5. The topological polar surface area (TPSA) is 59.0 Å². The molecule has 0 radical (unpaired) electrons. The maximum atomic E-state index is 12.5. The smallest absolute Gasteiger partial charge is 0.231 e. The van der Waals surface area contributed by atoms with E-state index in [2.05, 4.69) is 22.5 Å². The van der Waals surface area contributed by atoms with Crippen LogP contribution in [0, 0.1) is 5.92 Å². The van der Waals surface area contributed by atoms with Gasteiger partial charge in [-0.2, -0.15) is 0 Å². The first-order valence-electron chi connectivity index (χ1n) is 7.94. The van der Waals surface area contributed by atoms with Crippen LogP contribution in [0.1, 0.15) is 25.3 Å². The zero-order valence-corrected chi connectivity index (χ0v) is 13.9. The van der Waals surface area contributed by atoms with Crippen molar-refractivity contribution in [2.45, 2.75) is 32.4 Å². The van der Waals surface area contributed by atoms with Crippen LogP contribution in [0.4, 0.5) is 5.95 Å². The Morgan fingerprint density at radius 1 is 1.48 bits per heavy atom. The molecule has 1 aliphatic rings. The second-order valence-electron chi connectivity index (χ2n) is 5.95. The van der Waals surface area contributed by atoms with Crippen molar-refractivity contribution in [1.29, 1.82) is 0 Å². The Morgan fingerprint density at radius 2 is 2.30 bits per heavy atom. The predicted molar refractivity (Wildman–Crippen MR) is 91.6 cm³/mol. The van der Waals surface area contributed by atoms with Crippen molar-refractivity contribution in [3.8, 4) is 0 Å². The summed E-state index contributed by atoms with van der Waals surface area (Å²) in [5.74, 6) is 0.568. The van der Waals surface area contributed by atoms with Gasteiger partial charge in [-0.05, 0) is 37.9 Å². The monoisotopic (exact) mass is 332 g/mol. The largest absolute Gasteiger partial charge is 0.313 e. The van der Waals surface area contributed by atoms with Crippen LogP contribution in [0.25, 0.3) is 0 Å². The molecular formula is C17H21ClN4O. The lowest BCUT2D eigenvalue weighted by Gasteiger charge is -2.28. The van der Waals surface area contributed by atoms with Crippen LogP contribution in [-0.4, -0.2) is 28.0 Å². The van der Waals surface area contributed by atoms with Gasteiger partial charge in [-0.25, -0.2) is 4.98 Å². The molecule has 1 saturated heterocycles. The van der Waals surface area contributed by atoms with Gasteiger partial charge in [-0.3, -0.25) is 10.1 Å². The highest BCUT2D eigenvalue weighted by Gasteiger charge is 2.28. The van der Waals surface area contributed by atoms with Crippen molar-refractivity contribution in [3.05, 3.63) is 47.2 Å². The molecule has 1 aromatic carbocycles. The van der Waals surface area contributed by atoms with E-state index >= 15 is 0 Å². The first kappa shape index (κ1) is 16.0. The lowest BCUT2D eigenvalue weighted by atomic mass is 9.91. The molecule has 2 aromatic rings. The van der Waals surface area contributed by atoms with E-state index in [0.717, 1.165) is 24.9 Å². The van der Waals surface area contributed by atoms with Gasteiger partial charge in [0.2, 0.25) is 11.9 Å². The number of benzene rings is 1. The zero-order chi connectivity index (χ0) is 16.2. The second-order valence-corrected chi connectivity index (χ2v) is 6.36. The molecule has 2 heterocycles. The van der Waals surface area contributed by atoms with Crippen molar-refractivity contribution >= 4 is 23.5 Å². The average Bonchev–Trinajstić information content (AvgIpc) is 2.97. The minimum atomic E-state index is -0.0192. The van der Waals surface area contributed by atoms with Crippen LogP contribution in [0.15, 0.2) is 36.7 Å². The number of hydrogen-bond acceptors (Lipinski definition) is 3. The fraction of sp³-hybridized carbons (Fsp3) is 0.412. The van der Waals surface area contributed by atoms with Gasteiger partial charge in [0, 0.05) is 23.5 Å². The molecule has 3 rings (SSSR count). The summed E-state index contributed by atoms with van der Waals surface area (Å²) in [4.78, 5) is 16.8. The Bertz CT molecular complexity index is 685. The number of hydrogen-bond donors (Lipinski definition) is 2. The molecule has 1 fully saturated rings. The molecule has 0 aliphatic carbocycles. The summed E-state index contributed by atoms with van der Waals surface area (Å²) < 4.78 is 1.90. The molecule has 5 nitrogen and oxygen atoms in total. The Labute approximate surface area is 141 Å². The molecule has 2 N–H and O–H groups in total. The third-order valence-electron chi connectivity index (χ3n) is 4.35. The van der Waals surface area contributed by atoms with Gasteiger partial charge >= 0.3 is 0 Å². The quantitative estimate of drug-likeness (QED) is 0.905. The molecule has 0 saturated carbocycles. The number of carbonyl (C=O) groups is 1. The summed E-state index contributed by atoms with van der Waals surface area (Å²) in [6.07, 6.45) is 5.47. The van der Waals surface area contributed by atoms with Crippen molar-refractivity contribution in [2.75, 3.05) is 11.9 Å². The first-order valence-corrected chi connectivity index (χ1v) is 8.31. The third kappa shape index (κ3) is 3.74. The molecule has 1 aliphatic heterocycles. The van der Waals surface area contributed by atoms with Crippen LogP contribution in [0.5, 0.6) is 0 Å². The molecule has 6 heteroatoms. The minimum Gasteiger partial charge on any atom is -0.313 e. The number of amides is 1. The normalized spacial score (nSPS) is 21.1. The standard InChI is InChI=1S/C17H21ClN4O/c1-12-14(6-4-8-19-12)16(23)21-17-20-9-10-22(17)11-13-5-2-3-7-15(13)18/h2-3,5,7,9-10,12,14,19H,4,6,8,11H2,1H3,(H,20,21,23)/t12-,14-/m1/s1. The molecule has 0 bridgehead atoms. The molecule has 0 spiro atoms. The maximum Gasteiger partial charge on any atom is 0.231 e. The highest BCUT2D eigenvalue weighted by molar-refractivity contribution is 6.31. The van der Waals surface area contributed by atoms with Crippen molar-refractivity contribution in [1.82, 2.24) is 14.9 Å². The van der Waals surface area contributed by atoms with Gasteiger partial charge in [0.25, 0.3) is 0 Å². The number of piperidine rings is 1. The fourth-order valence-electron chi connectivity index (χ4n) is 2.98. The van der Waals surface area contributed by atoms with Gasteiger partial charge in [-0.15, -0.1) is 0 Å². The van der Waals surface area contributed by atoms with Crippen molar-refractivity contribution in [3.63, 3.8) is 0 Å². The summed E-state index contributed by atoms with van der Waals surface area (Å²) in [5, 5.41) is 7.02. The summed E-state index contributed by atoms with van der Waals surface area (Å²) in [6, 6.07) is 7.88. The molecular weight excluding hydrogens is 312 g/mol.